The minimum Gasteiger partial charge on any atom is -0.499 e. The molecule has 1 aromatic heterocycles. The predicted octanol–water partition coefficient (Wildman–Crippen LogP) is 5.37. The number of aromatic nitrogens is 1. The number of carbonyl (C=O) groups is 3. The predicted molar refractivity (Wildman–Crippen MR) is 163 cm³/mol. The van der Waals surface area contributed by atoms with Gasteiger partial charge in [-0.2, -0.15) is 4.90 Å². The topological polar surface area (TPSA) is 149 Å². The van der Waals surface area contributed by atoms with Gasteiger partial charge in [-0.05, 0) is 66.2 Å². The first-order valence-corrected chi connectivity index (χ1v) is 14.4. The van der Waals surface area contributed by atoms with Crippen molar-refractivity contribution in [2.24, 2.45) is 7.05 Å². The highest BCUT2D eigenvalue weighted by Crippen LogP contribution is 2.43. The number of ether oxygens (including phenoxy) is 3. The molecule has 3 N–H and O–H groups in total. The van der Waals surface area contributed by atoms with Crippen molar-refractivity contribution in [3.05, 3.63) is 58.3 Å². The molecule has 240 valence electrons. The molecule has 2 heterocycles. The first-order valence-electron chi connectivity index (χ1n) is 13.6. The van der Waals surface area contributed by atoms with Gasteiger partial charge >= 0.3 is 12.2 Å². The highest BCUT2D eigenvalue weighted by atomic mass is 32.2. The monoisotopic (exact) mass is 635 g/mol. The number of pyridine rings is 1. The lowest BCUT2D eigenvalue weighted by Gasteiger charge is -2.31. The zero-order valence-corrected chi connectivity index (χ0v) is 26.8. The van der Waals surface area contributed by atoms with Crippen LogP contribution in [-0.4, -0.2) is 57.5 Å². The van der Waals surface area contributed by atoms with E-state index in [-0.39, 0.29) is 40.9 Å². The van der Waals surface area contributed by atoms with E-state index in [1.807, 2.05) is 0 Å². The van der Waals surface area contributed by atoms with E-state index in [2.05, 4.69) is 22.7 Å². The molecule has 0 fully saturated rings. The van der Waals surface area contributed by atoms with Gasteiger partial charge in [-0.3, -0.25) is 19.0 Å². The van der Waals surface area contributed by atoms with Crippen LogP contribution in [0.3, 0.4) is 0 Å². The molecule has 1 atom stereocenters. The lowest BCUT2D eigenvalue weighted by atomic mass is 10.1. The van der Waals surface area contributed by atoms with Crippen LogP contribution < -0.4 is 21.7 Å². The zero-order valence-electron chi connectivity index (χ0n) is 26.0. The molecule has 0 saturated heterocycles. The van der Waals surface area contributed by atoms with Crippen LogP contribution in [0.5, 0.6) is 0 Å². The molecule has 1 unspecified atom stereocenters. The second-order valence-electron chi connectivity index (χ2n) is 11.7. The van der Waals surface area contributed by atoms with Gasteiger partial charge in [-0.1, -0.05) is 24.4 Å². The Bertz CT molecular complexity index is 1470. The van der Waals surface area contributed by atoms with Gasteiger partial charge in [0.25, 0.3) is 11.5 Å². The first-order chi connectivity index (χ1) is 20.4. The van der Waals surface area contributed by atoms with Crippen molar-refractivity contribution in [3.8, 4) is 0 Å². The number of halogens is 1. The van der Waals surface area contributed by atoms with Crippen LogP contribution in [0.25, 0.3) is 0 Å². The second kappa shape index (κ2) is 13.6. The number of anilines is 3. The molecule has 0 bridgehead atoms. The van der Waals surface area contributed by atoms with E-state index in [4.69, 9.17) is 19.0 Å². The van der Waals surface area contributed by atoms with Crippen LogP contribution in [-0.2, 0) is 26.1 Å². The Labute approximate surface area is 259 Å². The summed E-state index contributed by atoms with van der Waals surface area (Å²) in [7, 11) is 1.39. The fourth-order valence-electron chi connectivity index (χ4n) is 3.83. The molecule has 15 heteroatoms. The molecule has 13 nitrogen and oxygen atoms in total. The maximum atomic E-state index is 14.9. The van der Waals surface area contributed by atoms with Gasteiger partial charge in [-0.25, -0.2) is 19.5 Å². The zero-order chi connectivity index (χ0) is 33.0. The lowest BCUT2D eigenvalue weighted by Crippen LogP contribution is -2.49. The molecule has 3 amide bonds. The van der Waals surface area contributed by atoms with Gasteiger partial charge in [0.15, 0.2) is 5.50 Å². The average molecular weight is 636 g/mol. The molecule has 0 spiro atoms. The Hall–Kier alpha value is -4.24. The number of fused-ring (bicyclic) bond motifs is 1. The van der Waals surface area contributed by atoms with Crippen molar-refractivity contribution >= 4 is 47.0 Å². The number of nitrogens with one attached hydrogen (secondary N) is 3. The molecule has 0 aliphatic carbocycles. The van der Waals surface area contributed by atoms with Crippen molar-refractivity contribution < 1.29 is 37.8 Å². The third kappa shape index (κ3) is 8.44. The number of aryl methyl sites for hydroxylation is 1. The molecule has 44 heavy (non-hydrogen) atoms. The molecule has 3 rings (SSSR count). The summed E-state index contributed by atoms with van der Waals surface area (Å²) in [5.41, 5.74) is -1.06. The van der Waals surface area contributed by atoms with Crippen molar-refractivity contribution in [3.63, 3.8) is 0 Å². The Balaban J connectivity index is 2.12. The molecule has 0 saturated carbocycles. The maximum absolute atomic E-state index is 14.9. The Morgan fingerprint density at radius 3 is 2.27 bits per heavy atom. The molecule has 0 radical (unpaired) electrons. The minimum absolute atomic E-state index is 0.00434. The number of thioether (sulfide) groups is 1. The third-order valence-corrected chi connectivity index (χ3v) is 6.82. The summed E-state index contributed by atoms with van der Waals surface area (Å²) < 4.78 is 31.9. The number of carbonyl (C=O) groups excluding carboxylic acids is 3. The number of nitrogens with zero attached hydrogens (tertiary/aromatic N) is 2. The van der Waals surface area contributed by atoms with Crippen LogP contribution in [0.1, 0.15) is 57.5 Å². The molecule has 2 aromatic rings. The first kappa shape index (κ1) is 34.3. The van der Waals surface area contributed by atoms with E-state index < -0.39 is 46.2 Å². The minimum atomic E-state index is -1.26. The molecule has 1 aliphatic rings. The summed E-state index contributed by atoms with van der Waals surface area (Å²) in [6, 6.07) is 4.41. The molecular formula is C29H38FN5O8S. The van der Waals surface area contributed by atoms with Gasteiger partial charge in [0, 0.05) is 7.05 Å². The summed E-state index contributed by atoms with van der Waals surface area (Å²) in [4.78, 5) is 59.7. The highest BCUT2D eigenvalue weighted by Gasteiger charge is 2.43. The maximum Gasteiger partial charge on any atom is 0.422 e. The normalized spacial score (nSPS) is 14.2. The van der Waals surface area contributed by atoms with Crippen molar-refractivity contribution in [1.82, 2.24) is 14.9 Å². The van der Waals surface area contributed by atoms with E-state index in [0.717, 1.165) is 16.3 Å². The smallest absolute Gasteiger partial charge is 0.422 e. The quantitative estimate of drug-likeness (QED) is 0.185. The van der Waals surface area contributed by atoms with Crippen molar-refractivity contribution in [2.75, 3.05) is 23.8 Å². The van der Waals surface area contributed by atoms with Crippen LogP contribution in [0.4, 0.5) is 31.2 Å². The number of imide groups is 1. The van der Waals surface area contributed by atoms with Crippen LogP contribution in [0.2, 0.25) is 0 Å². The van der Waals surface area contributed by atoms with Gasteiger partial charge in [-0.15, -0.1) is 0 Å². The highest BCUT2D eigenvalue weighted by molar-refractivity contribution is 8.00. The van der Waals surface area contributed by atoms with E-state index >= 15 is 0 Å². The average Bonchev–Trinajstić information content (AvgIpc) is 3.30. The van der Waals surface area contributed by atoms with Crippen molar-refractivity contribution in [2.45, 2.75) is 70.1 Å². The van der Waals surface area contributed by atoms with E-state index in [0.29, 0.717) is 10.5 Å². The second-order valence-corrected chi connectivity index (χ2v) is 12.8. The van der Waals surface area contributed by atoms with Crippen LogP contribution in [0, 0.1) is 12.7 Å². The van der Waals surface area contributed by atoms with E-state index in [9.17, 15) is 23.6 Å². The number of hydroxylamine groups is 1. The number of benzene rings is 1. The van der Waals surface area contributed by atoms with Crippen LogP contribution >= 0.6 is 11.8 Å². The number of hydrogen-bond donors (Lipinski definition) is 3. The summed E-state index contributed by atoms with van der Waals surface area (Å²) in [5, 5.41) is 5.77. The van der Waals surface area contributed by atoms with E-state index in [1.54, 1.807) is 54.5 Å². The lowest BCUT2D eigenvalue weighted by molar-refractivity contribution is 0.000883. The summed E-state index contributed by atoms with van der Waals surface area (Å²) in [5.74, 6) is -1.53. The number of hydrogen-bond acceptors (Lipinski definition) is 11. The van der Waals surface area contributed by atoms with Crippen LogP contribution in [0.15, 0.2) is 40.7 Å². The molecule has 1 aliphatic heterocycles. The third-order valence-electron chi connectivity index (χ3n) is 5.65. The number of rotatable bonds is 9. The fourth-order valence-corrected chi connectivity index (χ4v) is 5.03. The molecular weight excluding hydrogens is 597 g/mol. The van der Waals surface area contributed by atoms with Gasteiger partial charge in [0.05, 0.1) is 17.6 Å². The van der Waals surface area contributed by atoms with Gasteiger partial charge in [0.1, 0.15) is 46.5 Å². The van der Waals surface area contributed by atoms with Gasteiger partial charge in [0.2, 0.25) is 0 Å². The van der Waals surface area contributed by atoms with E-state index in [1.165, 1.54) is 25.4 Å². The molecule has 1 aromatic carbocycles. The van der Waals surface area contributed by atoms with Crippen molar-refractivity contribution in [1.29, 1.82) is 0 Å². The summed E-state index contributed by atoms with van der Waals surface area (Å²) in [6.07, 6.45) is -0.873. The fraction of sp³-hybridized carbons (Fsp3) is 0.448. The summed E-state index contributed by atoms with van der Waals surface area (Å²) >= 11 is 0.806. The Morgan fingerprint density at radius 1 is 1.11 bits per heavy atom. The SMILES string of the molecule is C=COCCONC(=O)c1c2c(c(=O)n(C)c1Nc1ccc(C)cc1F)SC(N(C(=O)OC(C)(C)C)C(=O)OC(C)(C)C)N2. The Morgan fingerprint density at radius 2 is 1.73 bits per heavy atom. The summed E-state index contributed by atoms with van der Waals surface area (Å²) in [6.45, 7) is 15.0. The Kier molecular flexibility index (Phi) is 10.6. The largest absolute Gasteiger partial charge is 0.499 e. The van der Waals surface area contributed by atoms with Gasteiger partial charge < -0.3 is 24.8 Å². The standard InChI is InChI=1S/C29H38FN5O8S/c1-10-40-13-14-41-33-23(36)19-20-21(24(37)34(9)22(19)31-18-12-11-16(2)15-17(18)30)44-25(32-20)35(26(38)42-28(3,4)5)27(39)43-29(6,7)8/h10-12,15,25,31-32H,1,13-14H2,2-9H3,(H,33,36). The number of amides is 3.